The van der Waals surface area contributed by atoms with Crippen LogP contribution in [0.25, 0.3) is 0 Å². The quantitative estimate of drug-likeness (QED) is 0.843. The molecule has 1 aromatic carbocycles. The molecule has 20 heavy (non-hydrogen) atoms. The van der Waals surface area contributed by atoms with Gasteiger partial charge in [-0.1, -0.05) is 37.5 Å². The molecule has 2 aliphatic rings. The van der Waals surface area contributed by atoms with E-state index in [2.05, 4.69) is 18.2 Å². The Bertz CT molecular complexity index is 438. The SMILES string of the molecule is NCCC1(CCc2ccc3c(c2)CCC3)CCCCC1. The first-order chi connectivity index (χ1) is 9.81. The molecule has 110 valence electrons. The van der Waals surface area contributed by atoms with E-state index in [1.807, 2.05) is 0 Å². The summed E-state index contributed by atoms with van der Waals surface area (Å²) >= 11 is 0. The Labute approximate surface area is 124 Å². The first-order valence-corrected chi connectivity index (χ1v) is 8.62. The second-order valence-electron chi connectivity index (χ2n) is 7.06. The number of hydrogen-bond donors (Lipinski definition) is 1. The lowest BCUT2D eigenvalue weighted by molar-refractivity contribution is 0.161. The molecule has 1 fully saturated rings. The van der Waals surface area contributed by atoms with E-state index in [4.69, 9.17) is 5.73 Å². The van der Waals surface area contributed by atoms with Crippen LogP contribution in [0.5, 0.6) is 0 Å². The van der Waals surface area contributed by atoms with Crippen molar-refractivity contribution in [3.05, 3.63) is 34.9 Å². The maximum Gasteiger partial charge on any atom is -0.00720 e. The summed E-state index contributed by atoms with van der Waals surface area (Å²) in [7, 11) is 0. The lowest BCUT2D eigenvalue weighted by atomic mass is 9.68. The van der Waals surface area contributed by atoms with Crippen LogP contribution in [0.1, 0.15) is 68.1 Å². The van der Waals surface area contributed by atoms with Crippen LogP contribution in [0, 0.1) is 5.41 Å². The Morgan fingerprint density at radius 1 is 0.900 bits per heavy atom. The van der Waals surface area contributed by atoms with Crippen LogP contribution in [-0.2, 0) is 19.3 Å². The molecule has 2 aliphatic carbocycles. The van der Waals surface area contributed by atoms with Gasteiger partial charge in [0, 0.05) is 0 Å². The molecule has 0 aliphatic heterocycles. The van der Waals surface area contributed by atoms with Crippen molar-refractivity contribution in [2.75, 3.05) is 6.54 Å². The van der Waals surface area contributed by atoms with Gasteiger partial charge in [0.05, 0.1) is 0 Å². The molecule has 0 aromatic heterocycles. The van der Waals surface area contributed by atoms with Gasteiger partial charge in [-0.3, -0.25) is 0 Å². The second kappa shape index (κ2) is 6.30. The molecular formula is C19H29N. The highest BCUT2D eigenvalue weighted by molar-refractivity contribution is 5.35. The van der Waals surface area contributed by atoms with Gasteiger partial charge < -0.3 is 5.73 Å². The topological polar surface area (TPSA) is 26.0 Å². The van der Waals surface area contributed by atoms with Crippen molar-refractivity contribution in [3.8, 4) is 0 Å². The number of aryl methyl sites for hydroxylation is 3. The number of rotatable bonds is 5. The van der Waals surface area contributed by atoms with Crippen molar-refractivity contribution in [2.24, 2.45) is 11.1 Å². The van der Waals surface area contributed by atoms with Gasteiger partial charge in [-0.15, -0.1) is 0 Å². The van der Waals surface area contributed by atoms with E-state index in [-0.39, 0.29) is 0 Å². The van der Waals surface area contributed by atoms with E-state index in [0.717, 1.165) is 6.54 Å². The van der Waals surface area contributed by atoms with E-state index in [1.54, 1.807) is 16.7 Å². The normalized spacial score (nSPS) is 20.9. The zero-order valence-electron chi connectivity index (χ0n) is 12.8. The lowest BCUT2D eigenvalue weighted by Gasteiger charge is -2.37. The summed E-state index contributed by atoms with van der Waals surface area (Å²) in [4.78, 5) is 0. The van der Waals surface area contributed by atoms with Crippen LogP contribution < -0.4 is 5.73 Å². The number of hydrogen-bond acceptors (Lipinski definition) is 1. The summed E-state index contributed by atoms with van der Waals surface area (Å²) in [6, 6.07) is 7.25. The van der Waals surface area contributed by atoms with Crippen LogP contribution in [-0.4, -0.2) is 6.54 Å². The third-order valence-corrected chi connectivity index (χ3v) is 5.70. The van der Waals surface area contributed by atoms with Crippen molar-refractivity contribution in [3.63, 3.8) is 0 Å². The van der Waals surface area contributed by atoms with Crippen molar-refractivity contribution in [1.82, 2.24) is 0 Å². The zero-order valence-corrected chi connectivity index (χ0v) is 12.8. The highest BCUT2D eigenvalue weighted by Crippen LogP contribution is 2.42. The van der Waals surface area contributed by atoms with Crippen LogP contribution >= 0.6 is 0 Å². The Morgan fingerprint density at radius 2 is 1.70 bits per heavy atom. The van der Waals surface area contributed by atoms with Gasteiger partial charge in [0.1, 0.15) is 0 Å². The van der Waals surface area contributed by atoms with E-state index >= 15 is 0 Å². The largest absolute Gasteiger partial charge is 0.330 e. The smallest absolute Gasteiger partial charge is 0.00720 e. The molecule has 1 heteroatoms. The van der Waals surface area contributed by atoms with Crippen LogP contribution in [0.2, 0.25) is 0 Å². The highest BCUT2D eigenvalue weighted by atomic mass is 14.5. The van der Waals surface area contributed by atoms with E-state index in [0.29, 0.717) is 5.41 Å². The van der Waals surface area contributed by atoms with Crippen molar-refractivity contribution >= 4 is 0 Å². The average Bonchev–Trinajstić information content (AvgIpc) is 2.94. The summed E-state index contributed by atoms with van der Waals surface area (Å²) < 4.78 is 0. The Hall–Kier alpha value is -0.820. The summed E-state index contributed by atoms with van der Waals surface area (Å²) in [5, 5.41) is 0. The summed E-state index contributed by atoms with van der Waals surface area (Å²) in [5.41, 5.74) is 11.2. The minimum atomic E-state index is 0.562. The lowest BCUT2D eigenvalue weighted by Crippen LogP contribution is -2.28. The van der Waals surface area contributed by atoms with Crippen LogP contribution in [0.15, 0.2) is 18.2 Å². The minimum absolute atomic E-state index is 0.562. The molecule has 0 bridgehead atoms. The minimum Gasteiger partial charge on any atom is -0.330 e. The maximum atomic E-state index is 5.89. The van der Waals surface area contributed by atoms with Gasteiger partial charge in [0.2, 0.25) is 0 Å². The molecule has 1 nitrogen and oxygen atoms in total. The van der Waals surface area contributed by atoms with Gasteiger partial charge >= 0.3 is 0 Å². The fraction of sp³-hybridized carbons (Fsp3) is 0.684. The van der Waals surface area contributed by atoms with Gasteiger partial charge in [0.15, 0.2) is 0 Å². The third kappa shape index (κ3) is 3.09. The van der Waals surface area contributed by atoms with E-state index in [9.17, 15) is 0 Å². The standard InChI is InChI=1S/C19H29N/c20-14-13-19(10-2-1-3-11-19)12-9-16-7-8-17-5-4-6-18(17)15-16/h7-8,15H,1-6,9-14,20H2. The first-order valence-electron chi connectivity index (χ1n) is 8.62. The van der Waals surface area contributed by atoms with Crippen molar-refractivity contribution < 1.29 is 0 Å². The van der Waals surface area contributed by atoms with Crippen LogP contribution in [0.3, 0.4) is 0 Å². The van der Waals surface area contributed by atoms with Gasteiger partial charge in [-0.25, -0.2) is 0 Å². The average molecular weight is 271 g/mol. The fourth-order valence-corrected chi connectivity index (χ4v) is 4.42. The monoisotopic (exact) mass is 271 g/mol. The Balaban J connectivity index is 1.64. The zero-order chi connectivity index (χ0) is 13.8. The van der Waals surface area contributed by atoms with Crippen LogP contribution in [0.4, 0.5) is 0 Å². The van der Waals surface area contributed by atoms with E-state index < -0.39 is 0 Å². The molecule has 2 N–H and O–H groups in total. The number of benzene rings is 1. The summed E-state index contributed by atoms with van der Waals surface area (Å²) in [6.45, 7) is 0.865. The Kier molecular flexibility index (Phi) is 4.45. The van der Waals surface area contributed by atoms with Crippen molar-refractivity contribution in [1.29, 1.82) is 0 Å². The van der Waals surface area contributed by atoms with Gasteiger partial charge in [0.25, 0.3) is 0 Å². The molecule has 0 saturated heterocycles. The Morgan fingerprint density at radius 3 is 2.50 bits per heavy atom. The molecule has 1 aromatic rings. The molecule has 0 heterocycles. The summed E-state index contributed by atoms with van der Waals surface area (Å²) in [5.74, 6) is 0. The molecule has 0 amide bonds. The fourth-order valence-electron chi connectivity index (χ4n) is 4.42. The van der Waals surface area contributed by atoms with Gasteiger partial charge in [-0.05, 0) is 80.0 Å². The molecule has 0 unspecified atom stereocenters. The highest BCUT2D eigenvalue weighted by Gasteiger charge is 2.30. The predicted octanol–water partition coefficient (Wildman–Crippen LogP) is 4.41. The molecule has 0 radical (unpaired) electrons. The molecule has 3 rings (SSSR count). The number of nitrogens with two attached hydrogens (primary N) is 1. The first kappa shape index (κ1) is 14.1. The molecular weight excluding hydrogens is 242 g/mol. The molecule has 0 atom stereocenters. The maximum absolute atomic E-state index is 5.89. The second-order valence-corrected chi connectivity index (χ2v) is 7.06. The molecule has 1 saturated carbocycles. The van der Waals surface area contributed by atoms with E-state index in [1.165, 1.54) is 70.6 Å². The molecule has 0 spiro atoms. The van der Waals surface area contributed by atoms with Crippen molar-refractivity contribution in [2.45, 2.75) is 70.6 Å². The third-order valence-electron chi connectivity index (χ3n) is 5.70. The predicted molar refractivity (Wildman–Crippen MR) is 86.0 cm³/mol. The van der Waals surface area contributed by atoms with Gasteiger partial charge in [-0.2, -0.15) is 0 Å². The number of fused-ring (bicyclic) bond motifs is 1. The summed E-state index contributed by atoms with van der Waals surface area (Å²) in [6.07, 6.45) is 14.9.